The second kappa shape index (κ2) is 63.3. The smallest absolute Gasteiger partial charge is 0 e. The largest absolute Gasteiger partial charge is 0.566 e. The van der Waals surface area contributed by atoms with Crippen LogP contribution in [0, 0.1) is 46.8 Å². The van der Waals surface area contributed by atoms with E-state index in [-0.39, 0.29) is 137 Å². The summed E-state index contributed by atoms with van der Waals surface area (Å²) in [5.74, 6) is 0.0185. The molecule has 4 radical (unpaired) electrons. The molecule has 134 valence electrons. The van der Waals surface area contributed by atoms with E-state index in [1.807, 2.05) is 0 Å². The summed E-state index contributed by atoms with van der Waals surface area (Å²) < 4.78 is 0. The Bertz CT molecular complexity index is 181. The molecule has 0 aromatic heterocycles. The number of hydrogen-bond donors (Lipinski definition) is 1. The summed E-state index contributed by atoms with van der Waals surface area (Å²) >= 11 is 0. The third-order valence-electron chi connectivity index (χ3n) is 1.41. The van der Waals surface area contributed by atoms with E-state index in [1.165, 1.54) is 6.08 Å². The molecule has 3 nitrogen and oxygen atoms in total. The van der Waals surface area contributed by atoms with Gasteiger partial charge in [0.2, 0.25) is 0 Å². The maximum absolute atomic E-state index is 9.57. The van der Waals surface area contributed by atoms with Gasteiger partial charge in [-0.1, -0.05) is 6.92 Å². The second-order valence-corrected chi connectivity index (χ2v) is 3.40. The minimum Gasteiger partial charge on any atom is -0.566 e. The average molecular weight is 636 g/mol. The van der Waals surface area contributed by atoms with E-state index in [4.69, 9.17) is 11.7 Å². The minimum absolute atomic E-state index is 0. The number of carbonyl (C=O) groups excluding carboxylic acids is 2. The SMILES string of the molecule is [CH-]=CC[CH2-].[CH2-]CC(C)[C-]=O.[CH2-]CC[C-]=O.[CH2-]CC[CH-]O.[Y].[Y].[Y].[Y]. The molecule has 0 amide bonds. The zero-order valence-electron chi connectivity index (χ0n) is 15.0. The van der Waals surface area contributed by atoms with Crippen LogP contribution in [0.3, 0.4) is 0 Å². The Morgan fingerprint density at radius 2 is 1.50 bits per heavy atom. The molecule has 1 N–H and O–H groups in total. The maximum Gasteiger partial charge on any atom is 0 e. The molecule has 0 aromatic rings. The first-order chi connectivity index (χ1) is 9.55. The number of aliphatic hydroxyl groups is 1. The zero-order valence-corrected chi connectivity index (χ0v) is 26.3. The summed E-state index contributed by atoms with van der Waals surface area (Å²) in [4.78, 5) is 18.8. The molecule has 0 bridgehead atoms. The minimum atomic E-state index is 0. The van der Waals surface area contributed by atoms with Crippen molar-refractivity contribution < 1.29 is 146 Å². The van der Waals surface area contributed by atoms with Crippen LogP contribution in [0.1, 0.15) is 45.4 Å². The van der Waals surface area contributed by atoms with Crippen molar-refractivity contribution in [3.8, 4) is 0 Å². The molecule has 0 aromatic carbocycles. The van der Waals surface area contributed by atoms with E-state index < -0.39 is 0 Å². The quantitative estimate of drug-likeness (QED) is 0.431. The van der Waals surface area contributed by atoms with E-state index in [9.17, 15) is 9.59 Å². The normalized spacial score (nSPS) is 7.75. The number of allylic oxidation sites excluding steroid dienone is 1. The van der Waals surface area contributed by atoms with Crippen LogP contribution >= 0.6 is 0 Å². The number of rotatable bonds is 7. The molecule has 0 spiro atoms. The van der Waals surface area contributed by atoms with Crippen LogP contribution in [0.5, 0.6) is 0 Å². The Hall–Kier alpha value is 3.46. The maximum atomic E-state index is 9.57. The van der Waals surface area contributed by atoms with Crippen molar-refractivity contribution >= 4 is 12.6 Å². The number of aliphatic hydroxyl groups excluding tert-OH is 1. The van der Waals surface area contributed by atoms with E-state index in [0.29, 0.717) is 25.7 Å². The van der Waals surface area contributed by atoms with Crippen LogP contribution in [0.2, 0.25) is 0 Å². The van der Waals surface area contributed by atoms with Crippen LogP contribution in [0.25, 0.3) is 0 Å². The van der Waals surface area contributed by atoms with Gasteiger partial charge in [-0.15, -0.1) is 0 Å². The molecule has 0 aliphatic carbocycles. The summed E-state index contributed by atoms with van der Waals surface area (Å²) in [7, 11) is 0. The molecule has 0 rings (SSSR count). The zero-order chi connectivity index (χ0) is 16.6. The van der Waals surface area contributed by atoms with Gasteiger partial charge >= 0.3 is 0 Å². The van der Waals surface area contributed by atoms with E-state index in [1.54, 1.807) is 19.5 Å². The summed E-state index contributed by atoms with van der Waals surface area (Å²) in [6.45, 7) is 21.6. The predicted molar refractivity (Wildman–Crippen MR) is 84.8 cm³/mol. The molecule has 0 aliphatic heterocycles. The fraction of sp³-hybridized carbons (Fsp3) is 0.471. The van der Waals surface area contributed by atoms with Gasteiger partial charge in [0.25, 0.3) is 0 Å². The van der Waals surface area contributed by atoms with Crippen molar-refractivity contribution in [3.63, 3.8) is 0 Å². The van der Waals surface area contributed by atoms with Gasteiger partial charge in [-0.3, -0.25) is 12.6 Å². The molecule has 7 heteroatoms. The Morgan fingerprint density at radius 1 is 1.08 bits per heavy atom. The first-order valence-electron chi connectivity index (χ1n) is 6.44. The van der Waals surface area contributed by atoms with Crippen molar-refractivity contribution in [1.82, 2.24) is 0 Å². The van der Waals surface area contributed by atoms with Crippen LogP contribution in [0.4, 0.5) is 0 Å². The third-order valence-corrected chi connectivity index (χ3v) is 1.41. The van der Waals surface area contributed by atoms with Crippen LogP contribution in [-0.2, 0) is 140 Å². The molecule has 1 atom stereocenters. The molecule has 1 unspecified atom stereocenters. The Balaban J connectivity index is -0.0000000226. The van der Waals surface area contributed by atoms with Crippen molar-refractivity contribution in [1.29, 1.82) is 0 Å². The van der Waals surface area contributed by atoms with Gasteiger partial charge in [0.15, 0.2) is 0 Å². The van der Waals surface area contributed by atoms with Gasteiger partial charge in [0.1, 0.15) is 0 Å². The number of unbranched alkanes of at least 4 members (excludes halogenated alkanes) is 2. The molecule has 0 aliphatic rings. The topological polar surface area (TPSA) is 54.4 Å². The molecule has 24 heavy (non-hydrogen) atoms. The number of hydrogen-bond acceptors (Lipinski definition) is 3. The molecule has 0 heterocycles. The van der Waals surface area contributed by atoms with Gasteiger partial charge in [-0.05, 0) is 0 Å². The van der Waals surface area contributed by atoms with Gasteiger partial charge < -0.3 is 55.0 Å². The van der Waals surface area contributed by atoms with E-state index >= 15 is 0 Å². The van der Waals surface area contributed by atoms with Crippen molar-refractivity contribution in [3.05, 3.63) is 47.0 Å². The van der Waals surface area contributed by atoms with Gasteiger partial charge in [0, 0.05) is 131 Å². The van der Waals surface area contributed by atoms with Gasteiger partial charge in [-0.25, -0.2) is 25.9 Å². The molecular weight excluding hydrogens is 608 g/mol. The first kappa shape index (κ1) is 50.8. The van der Waals surface area contributed by atoms with Crippen molar-refractivity contribution in [2.45, 2.75) is 45.4 Å². The Morgan fingerprint density at radius 3 is 1.50 bits per heavy atom. The summed E-state index contributed by atoms with van der Waals surface area (Å²) in [5.41, 5.74) is 0. The fourth-order valence-electron chi connectivity index (χ4n) is 0.222. The van der Waals surface area contributed by atoms with Crippen LogP contribution in [-0.4, -0.2) is 17.7 Å². The van der Waals surface area contributed by atoms with Gasteiger partial charge in [0.05, 0.1) is 0 Å². The molecule has 0 saturated carbocycles. The van der Waals surface area contributed by atoms with Crippen LogP contribution < -0.4 is 0 Å². The predicted octanol–water partition coefficient (Wildman–Crippen LogP) is 3.99. The molecule has 0 fully saturated rings. The molecule has 0 saturated heterocycles. The summed E-state index contributed by atoms with van der Waals surface area (Å²) in [6.07, 6.45) is 9.04. The van der Waals surface area contributed by atoms with Crippen molar-refractivity contribution in [2.75, 3.05) is 0 Å². The third kappa shape index (κ3) is 98.1. The standard InChI is InChI=1S/C5H8O.C4H8O.C4H6O.C4H6.4Y/c1-3-5(2)4-6;2*1-2-3-4-5;1-3-4-2;;;;/h5H,1,3H2,2H3;4-5H,1-3H2;1-3H2;1,3H,2,4H2;;;;/q4*-2;;;;. The van der Waals surface area contributed by atoms with E-state index in [0.717, 1.165) is 19.4 Å². The fourth-order valence-corrected chi connectivity index (χ4v) is 0.222. The van der Waals surface area contributed by atoms with Crippen molar-refractivity contribution in [2.24, 2.45) is 5.92 Å². The van der Waals surface area contributed by atoms with E-state index in [2.05, 4.69) is 27.7 Å². The first-order valence-corrected chi connectivity index (χ1v) is 6.44. The molecular formula is C17H28O3Y4-8. The average Bonchev–Trinajstić information content (AvgIpc) is 2.49. The van der Waals surface area contributed by atoms with Crippen LogP contribution in [0.15, 0.2) is 6.08 Å². The Kier molecular flexibility index (Phi) is 134. The summed E-state index contributed by atoms with van der Waals surface area (Å²) in [5, 5.41) is 7.90. The van der Waals surface area contributed by atoms with Gasteiger partial charge in [-0.2, -0.15) is 25.2 Å². The monoisotopic (exact) mass is 636 g/mol. The second-order valence-electron chi connectivity index (χ2n) is 3.40. The summed E-state index contributed by atoms with van der Waals surface area (Å²) in [6, 6.07) is 0. The Labute approximate surface area is 252 Å².